The molecule has 4 nitrogen and oxygen atoms in total. The molecule has 0 radical (unpaired) electrons. The summed E-state index contributed by atoms with van der Waals surface area (Å²) in [6.07, 6.45) is 15.5. The highest BCUT2D eigenvalue weighted by atomic mass is 16.5. The molecule has 0 aromatic rings. The Labute approximate surface area is 177 Å². The van der Waals surface area contributed by atoms with E-state index in [1.54, 1.807) is 0 Å². The molecule has 3 fully saturated rings. The van der Waals surface area contributed by atoms with Crippen molar-refractivity contribution in [3.63, 3.8) is 0 Å². The van der Waals surface area contributed by atoms with Crippen LogP contribution in [-0.4, -0.2) is 37.1 Å². The Morgan fingerprint density at radius 2 is 1.79 bits per heavy atom. The van der Waals surface area contributed by atoms with E-state index in [-0.39, 0.29) is 11.3 Å². The highest BCUT2D eigenvalue weighted by Gasteiger charge is 2.34. The third-order valence-electron chi connectivity index (χ3n) is 7.35. The Balaban J connectivity index is 1.58. The second kappa shape index (κ2) is 10.6. The monoisotopic (exact) mass is 400 g/mol. The fourth-order valence-electron chi connectivity index (χ4n) is 5.81. The van der Waals surface area contributed by atoms with Gasteiger partial charge in [-0.15, -0.1) is 0 Å². The van der Waals surface area contributed by atoms with Gasteiger partial charge in [0.05, 0.1) is 0 Å². The second-order valence-electron chi connectivity index (χ2n) is 10.3. The molecule has 3 rings (SSSR count). The average Bonchev–Trinajstić information content (AvgIpc) is 3.18. The van der Waals surface area contributed by atoms with Gasteiger partial charge in [0.2, 0.25) is 0 Å². The predicted octanol–water partition coefficient (Wildman–Crippen LogP) is 5.49. The van der Waals surface area contributed by atoms with Crippen LogP contribution in [0.5, 0.6) is 0 Å². The summed E-state index contributed by atoms with van der Waals surface area (Å²) in [5.41, 5.74) is 0.203. The number of rotatable bonds is 5. The van der Waals surface area contributed by atoms with Crippen LogP contribution < -0.4 is 0 Å². The van der Waals surface area contributed by atoms with E-state index in [0.717, 1.165) is 57.9 Å². The molecule has 0 aromatic carbocycles. The maximum atomic E-state index is 13.1. The molecule has 2 heterocycles. The Morgan fingerprint density at radius 3 is 2.55 bits per heavy atom. The van der Waals surface area contributed by atoms with Gasteiger partial charge in [-0.2, -0.15) is 5.26 Å². The molecule has 29 heavy (non-hydrogen) atoms. The second-order valence-corrected chi connectivity index (χ2v) is 10.3. The molecule has 2 atom stereocenters. The molecule has 162 valence electrons. The van der Waals surface area contributed by atoms with Gasteiger partial charge in [0.1, 0.15) is 11.6 Å². The lowest BCUT2D eigenvalue weighted by atomic mass is 9.78. The van der Waals surface area contributed by atoms with Gasteiger partial charge in [-0.3, -0.25) is 4.79 Å². The van der Waals surface area contributed by atoms with Gasteiger partial charge in [-0.25, -0.2) is 0 Å². The summed E-state index contributed by atoms with van der Waals surface area (Å²) in [4.78, 5) is 15.0. The summed E-state index contributed by atoms with van der Waals surface area (Å²) in [6, 6.07) is 2.23. The average molecular weight is 401 g/mol. The van der Waals surface area contributed by atoms with Crippen LogP contribution in [-0.2, 0) is 9.53 Å². The lowest BCUT2D eigenvalue weighted by Crippen LogP contribution is -2.32. The van der Waals surface area contributed by atoms with Crippen LogP contribution >= 0.6 is 0 Å². The van der Waals surface area contributed by atoms with Gasteiger partial charge in [0, 0.05) is 26.3 Å². The van der Waals surface area contributed by atoms with Crippen molar-refractivity contribution in [2.45, 2.75) is 84.5 Å². The molecule has 0 N–H and O–H groups in total. The van der Waals surface area contributed by atoms with Gasteiger partial charge in [-0.1, -0.05) is 64.9 Å². The maximum Gasteiger partial charge on any atom is 0.264 e. The first-order valence-electron chi connectivity index (χ1n) is 12.0. The predicted molar refractivity (Wildman–Crippen MR) is 116 cm³/mol. The highest BCUT2D eigenvalue weighted by molar-refractivity contribution is 5.97. The summed E-state index contributed by atoms with van der Waals surface area (Å²) in [7, 11) is 0. The molecular formula is C25H40N2O2. The van der Waals surface area contributed by atoms with E-state index in [9.17, 15) is 10.1 Å². The number of ether oxygens (including phenoxy) is 1. The van der Waals surface area contributed by atoms with Gasteiger partial charge in [0.25, 0.3) is 5.91 Å². The number of likely N-dealkylation sites (tertiary alicyclic amines) is 1. The number of amides is 1. The van der Waals surface area contributed by atoms with Crippen LogP contribution in [0, 0.1) is 34.5 Å². The molecule has 2 saturated heterocycles. The lowest BCUT2D eigenvalue weighted by molar-refractivity contribution is -0.126. The minimum Gasteiger partial charge on any atom is -0.381 e. The van der Waals surface area contributed by atoms with E-state index >= 15 is 0 Å². The van der Waals surface area contributed by atoms with E-state index in [2.05, 4.69) is 19.9 Å². The van der Waals surface area contributed by atoms with E-state index in [1.807, 2.05) is 11.0 Å². The van der Waals surface area contributed by atoms with Gasteiger partial charge in [-0.05, 0) is 48.9 Å². The van der Waals surface area contributed by atoms with Crippen molar-refractivity contribution in [1.29, 1.82) is 5.26 Å². The van der Waals surface area contributed by atoms with Crippen molar-refractivity contribution in [2.75, 3.05) is 26.3 Å². The highest BCUT2D eigenvalue weighted by Crippen LogP contribution is 2.36. The van der Waals surface area contributed by atoms with E-state index in [1.165, 1.54) is 44.9 Å². The smallest absolute Gasteiger partial charge is 0.264 e. The van der Waals surface area contributed by atoms with E-state index < -0.39 is 0 Å². The number of hydrogen-bond donors (Lipinski definition) is 0. The number of carbonyl (C=O) groups is 1. The first kappa shape index (κ1) is 22.3. The van der Waals surface area contributed by atoms with Crippen LogP contribution in [0.3, 0.4) is 0 Å². The molecule has 1 saturated carbocycles. The van der Waals surface area contributed by atoms with Crippen molar-refractivity contribution in [3.05, 3.63) is 11.6 Å². The van der Waals surface area contributed by atoms with Crippen molar-refractivity contribution >= 4 is 5.91 Å². The number of hydrogen-bond acceptors (Lipinski definition) is 3. The minimum atomic E-state index is -0.146. The van der Waals surface area contributed by atoms with Crippen LogP contribution in [0.15, 0.2) is 11.6 Å². The lowest BCUT2D eigenvalue weighted by Gasteiger charge is -2.29. The minimum absolute atomic E-state index is 0.0418. The van der Waals surface area contributed by atoms with Crippen LogP contribution in [0.1, 0.15) is 84.5 Å². The Kier molecular flexibility index (Phi) is 8.18. The SMILES string of the molecule is CC(C)(/C=C(\C#N)C(=O)N1CC[C@H](C2CCCCC2)C1)CC1CCCCOCC1. The summed E-state index contributed by atoms with van der Waals surface area (Å²) in [5.74, 6) is 2.00. The molecule has 4 heteroatoms. The van der Waals surface area contributed by atoms with Gasteiger partial charge in [0.15, 0.2) is 0 Å². The summed E-state index contributed by atoms with van der Waals surface area (Å²) < 4.78 is 5.66. The number of nitrogens with zero attached hydrogens (tertiary/aromatic N) is 2. The molecule has 3 aliphatic rings. The summed E-state index contributed by atoms with van der Waals surface area (Å²) in [5, 5.41) is 9.74. The molecule has 1 aliphatic carbocycles. The van der Waals surface area contributed by atoms with Crippen molar-refractivity contribution in [3.8, 4) is 6.07 Å². The third kappa shape index (κ3) is 6.57. The Morgan fingerprint density at radius 1 is 1.03 bits per heavy atom. The van der Waals surface area contributed by atoms with E-state index in [0.29, 0.717) is 17.4 Å². The fraction of sp³-hybridized carbons (Fsp3) is 0.840. The molecule has 1 unspecified atom stereocenters. The van der Waals surface area contributed by atoms with Crippen LogP contribution in [0.25, 0.3) is 0 Å². The topological polar surface area (TPSA) is 53.3 Å². The molecule has 0 bridgehead atoms. The zero-order chi connectivity index (χ0) is 20.7. The Hall–Kier alpha value is -1.34. The quantitative estimate of drug-likeness (QED) is 0.453. The molecule has 0 spiro atoms. The van der Waals surface area contributed by atoms with Crippen molar-refractivity contribution in [2.24, 2.45) is 23.2 Å². The first-order chi connectivity index (χ1) is 14.0. The summed E-state index contributed by atoms with van der Waals surface area (Å²) >= 11 is 0. The fourth-order valence-corrected chi connectivity index (χ4v) is 5.81. The largest absolute Gasteiger partial charge is 0.381 e. The zero-order valence-corrected chi connectivity index (χ0v) is 18.6. The first-order valence-corrected chi connectivity index (χ1v) is 12.0. The van der Waals surface area contributed by atoms with Crippen molar-refractivity contribution in [1.82, 2.24) is 4.90 Å². The van der Waals surface area contributed by atoms with Crippen molar-refractivity contribution < 1.29 is 9.53 Å². The van der Waals surface area contributed by atoms with Crippen LogP contribution in [0.4, 0.5) is 0 Å². The molecule has 1 amide bonds. The molecular weight excluding hydrogens is 360 g/mol. The normalized spacial score (nSPS) is 27.9. The van der Waals surface area contributed by atoms with E-state index in [4.69, 9.17) is 4.74 Å². The Bertz CT molecular complexity index is 605. The standard InChI is InChI=1S/C25H40N2O2/c1-25(2,16-20-8-6-7-14-29-15-12-20)17-23(18-26)24(28)27-13-11-22(19-27)21-9-4-3-5-10-21/h17,20-22H,3-16,19H2,1-2H3/b23-17+/t20?,22-/m0/s1. The van der Waals surface area contributed by atoms with Gasteiger partial charge >= 0.3 is 0 Å². The summed E-state index contributed by atoms with van der Waals surface area (Å²) in [6.45, 7) is 7.74. The number of nitriles is 1. The number of carbonyl (C=O) groups excluding carboxylic acids is 1. The van der Waals surface area contributed by atoms with Gasteiger partial charge < -0.3 is 9.64 Å². The number of allylic oxidation sites excluding steroid dienone is 1. The molecule has 2 aliphatic heterocycles. The third-order valence-corrected chi connectivity index (χ3v) is 7.35. The zero-order valence-electron chi connectivity index (χ0n) is 18.6. The van der Waals surface area contributed by atoms with Crippen LogP contribution in [0.2, 0.25) is 0 Å². The maximum absolute atomic E-state index is 13.1. The molecule has 0 aromatic heterocycles.